The van der Waals surface area contributed by atoms with E-state index in [-0.39, 0.29) is 5.56 Å². The molecule has 1 aromatic rings. The predicted octanol–water partition coefficient (Wildman–Crippen LogP) is 0.0164. The van der Waals surface area contributed by atoms with E-state index in [2.05, 4.69) is 8.80 Å². The average Bonchev–Trinajstić information content (AvgIpc) is 2.29. The molecule has 0 N–H and O–H groups in total. The normalized spacial score (nSPS) is 12.8. The van der Waals surface area contributed by atoms with Crippen LogP contribution in [0.4, 0.5) is 0 Å². The molecule has 0 aliphatic rings. The molecule has 0 saturated carbocycles. The molecule has 0 bridgehead atoms. The van der Waals surface area contributed by atoms with Crippen LogP contribution in [-0.2, 0) is 29.6 Å². The third-order valence-corrected chi connectivity index (χ3v) is 5.69. The van der Waals surface area contributed by atoms with Gasteiger partial charge in [-0.3, -0.25) is 0 Å². The van der Waals surface area contributed by atoms with Gasteiger partial charge in [-0.15, -0.1) is 0 Å². The second kappa shape index (κ2) is 5.68. The zero-order valence-electron chi connectivity index (χ0n) is 9.12. The fraction of sp³-hybridized carbons (Fsp3) is 0.111. The van der Waals surface area contributed by atoms with Crippen molar-refractivity contribution in [2.45, 2.75) is 4.58 Å². The van der Waals surface area contributed by atoms with Crippen molar-refractivity contribution in [3.63, 3.8) is 0 Å². The molecule has 0 amide bonds. The molecule has 0 radical (unpaired) electrons. The summed E-state index contributed by atoms with van der Waals surface area (Å²) in [4.78, 5) is 20.1. The highest BCUT2D eigenvalue weighted by molar-refractivity contribution is 8.07. The maximum absolute atomic E-state index is 11.7. The Balaban J connectivity index is 3.63. The van der Waals surface area contributed by atoms with E-state index in [0.717, 1.165) is 12.2 Å². The lowest BCUT2D eigenvalue weighted by Gasteiger charge is -2.10. The topological polar surface area (TPSA) is 127 Å². The Bertz CT molecular complexity index is 708. The summed E-state index contributed by atoms with van der Waals surface area (Å²) in [5.41, 5.74) is -0.208. The first kappa shape index (κ1) is 14.9. The Morgan fingerprint density at radius 3 is 1.63 bits per heavy atom. The Morgan fingerprint density at radius 2 is 1.26 bits per heavy atom. The second-order valence-electron chi connectivity index (χ2n) is 3.14. The Kier molecular flexibility index (Phi) is 4.47. The molecule has 100 valence electrons. The van der Waals surface area contributed by atoms with Crippen LogP contribution in [0.25, 0.3) is 0 Å². The van der Waals surface area contributed by atoms with E-state index in [4.69, 9.17) is 0 Å². The van der Waals surface area contributed by atoms with Crippen LogP contribution in [0.15, 0.2) is 39.1 Å². The molecule has 8 nitrogen and oxygen atoms in total. The number of hydrogen-bond acceptors (Lipinski definition) is 6. The molecular weight excluding hydrogens is 296 g/mol. The second-order valence-corrected chi connectivity index (χ2v) is 6.80. The SMILES string of the molecule is O=C=NS(=O)(=O)C(c1ccccc1)S(=O)(=O)N=C=O. The molecule has 0 aliphatic heterocycles. The molecule has 0 heterocycles. The zero-order valence-corrected chi connectivity index (χ0v) is 10.8. The van der Waals surface area contributed by atoms with Gasteiger partial charge in [-0.1, -0.05) is 39.1 Å². The van der Waals surface area contributed by atoms with E-state index in [0.29, 0.717) is 0 Å². The fourth-order valence-corrected chi connectivity index (χ4v) is 4.20. The van der Waals surface area contributed by atoms with E-state index >= 15 is 0 Å². The predicted molar refractivity (Wildman–Crippen MR) is 63.3 cm³/mol. The van der Waals surface area contributed by atoms with E-state index < -0.39 is 24.6 Å². The van der Waals surface area contributed by atoms with Gasteiger partial charge in [-0.2, -0.15) is 0 Å². The summed E-state index contributed by atoms with van der Waals surface area (Å²) in [6.45, 7) is 0. The summed E-state index contributed by atoms with van der Waals surface area (Å²) in [6.07, 6.45) is 1.51. The first-order valence-corrected chi connectivity index (χ1v) is 7.56. The monoisotopic (exact) mass is 302 g/mol. The van der Waals surface area contributed by atoms with Crippen molar-refractivity contribution in [3.05, 3.63) is 35.9 Å². The third kappa shape index (κ3) is 3.43. The van der Waals surface area contributed by atoms with Gasteiger partial charge < -0.3 is 0 Å². The number of rotatable bonds is 5. The highest BCUT2D eigenvalue weighted by Crippen LogP contribution is 2.30. The minimum absolute atomic E-state index is 0.208. The van der Waals surface area contributed by atoms with Gasteiger partial charge in [0, 0.05) is 0 Å². The Hall–Kier alpha value is -2.12. The van der Waals surface area contributed by atoms with Crippen LogP contribution in [0.1, 0.15) is 10.1 Å². The summed E-state index contributed by atoms with van der Waals surface area (Å²) < 4.78 is 49.3. The van der Waals surface area contributed by atoms with Crippen LogP contribution >= 0.6 is 0 Å². The van der Waals surface area contributed by atoms with Crippen molar-refractivity contribution >= 4 is 32.2 Å². The number of benzene rings is 1. The molecule has 19 heavy (non-hydrogen) atoms. The van der Waals surface area contributed by atoms with E-state index in [9.17, 15) is 26.4 Å². The minimum Gasteiger partial charge on any atom is -0.210 e. The van der Waals surface area contributed by atoms with E-state index in [1.165, 1.54) is 30.3 Å². The highest BCUT2D eigenvalue weighted by atomic mass is 32.3. The molecule has 0 fully saturated rings. The van der Waals surface area contributed by atoms with Crippen LogP contribution in [0.5, 0.6) is 0 Å². The number of hydrogen-bond donors (Lipinski definition) is 0. The smallest absolute Gasteiger partial charge is 0.210 e. The van der Waals surface area contributed by atoms with E-state index in [1.807, 2.05) is 0 Å². The first-order valence-electron chi connectivity index (χ1n) is 4.56. The van der Waals surface area contributed by atoms with Crippen molar-refractivity contribution in [1.82, 2.24) is 0 Å². The van der Waals surface area contributed by atoms with Crippen molar-refractivity contribution in [2.24, 2.45) is 8.80 Å². The highest BCUT2D eigenvalue weighted by Gasteiger charge is 2.39. The summed E-state index contributed by atoms with van der Waals surface area (Å²) in [5.74, 6) is 0. The summed E-state index contributed by atoms with van der Waals surface area (Å²) in [6, 6.07) is 6.64. The zero-order chi connectivity index (χ0) is 14.5. The minimum atomic E-state index is -4.76. The van der Waals surface area contributed by atoms with E-state index in [1.54, 1.807) is 0 Å². The lowest BCUT2D eigenvalue weighted by atomic mass is 10.2. The number of isocyanates is 2. The van der Waals surface area contributed by atoms with Gasteiger partial charge in [0.25, 0.3) is 32.2 Å². The van der Waals surface area contributed by atoms with Crippen molar-refractivity contribution < 1.29 is 26.4 Å². The molecule has 1 aromatic carbocycles. The molecule has 0 spiro atoms. The maximum Gasteiger partial charge on any atom is 0.287 e. The maximum atomic E-state index is 11.7. The standard InChI is InChI=1S/C9H6N2O6S2/c12-6-10-18(14,15)9(19(16,17)11-7-13)8-4-2-1-3-5-8/h1-5,9H. The molecule has 0 aliphatic carbocycles. The van der Waals surface area contributed by atoms with Gasteiger partial charge in [-0.25, -0.2) is 26.4 Å². The molecule has 0 aromatic heterocycles. The largest absolute Gasteiger partial charge is 0.287 e. The lowest BCUT2D eigenvalue weighted by Crippen LogP contribution is -2.19. The number of nitrogens with zero attached hydrogens (tertiary/aromatic N) is 2. The summed E-state index contributed by atoms with van der Waals surface area (Å²) in [5, 5.41) is 0. The van der Waals surface area contributed by atoms with Crippen LogP contribution in [-0.4, -0.2) is 29.0 Å². The molecular formula is C9H6N2O6S2. The third-order valence-electron chi connectivity index (χ3n) is 1.94. The Labute approximate surface area is 108 Å². The van der Waals surface area contributed by atoms with Gasteiger partial charge in [0.2, 0.25) is 4.58 Å². The van der Waals surface area contributed by atoms with Crippen molar-refractivity contribution in [1.29, 1.82) is 0 Å². The van der Waals surface area contributed by atoms with Crippen LogP contribution in [0, 0.1) is 0 Å². The van der Waals surface area contributed by atoms with Crippen LogP contribution in [0.3, 0.4) is 0 Å². The fourth-order valence-electron chi connectivity index (χ4n) is 1.31. The number of sulfonamides is 2. The first-order chi connectivity index (χ1) is 8.85. The Morgan fingerprint density at radius 1 is 0.842 bits per heavy atom. The van der Waals surface area contributed by atoms with Gasteiger partial charge >= 0.3 is 0 Å². The molecule has 0 unspecified atom stereocenters. The molecule has 1 rings (SSSR count). The van der Waals surface area contributed by atoms with Crippen molar-refractivity contribution in [3.8, 4) is 0 Å². The van der Waals surface area contributed by atoms with Gasteiger partial charge in [0.05, 0.1) is 0 Å². The average molecular weight is 302 g/mol. The molecule has 0 atom stereocenters. The summed E-state index contributed by atoms with van der Waals surface area (Å²) in [7, 11) is -9.53. The van der Waals surface area contributed by atoms with Crippen LogP contribution in [0.2, 0.25) is 0 Å². The number of carbonyl (C=O) groups excluding carboxylic acids is 2. The quantitative estimate of drug-likeness (QED) is 0.557. The lowest BCUT2D eigenvalue weighted by molar-refractivity contribution is 0.561. The van der Waals surface area contributed by atoms with Gasteiger partial charge in [0.15, 0.2) is 0 Å². The molecule has 10 heteroatoms. The van der Waals surface area contributed by atoms with Gasteiger partial charge in [0.1, 0.15) is 0 Å². The summed E-state index contributed by atoms with van der Waals surface area (Å²) >= 11 is 0. The van der Waals surface area contributed by atoms with Gasteiger partial charge in [-0.05, 0) is 5.56 Å². The van der Waals surface area contributed by atoms with Crippen molar-refractivity contribution in [2.75, 3.05) is 0 Å². The van der Waals surface area contributed by atoms with Crippen LogP contribution < -0.4 is 0 Å². The molecule has 0 saturated heterocycles.